The fourth-order valence-electron chi connectivity index (χ4n) is 1.88. The van der Waals surface area contributed by atoms with Crippen molar-refractivity contribution in [1.29, 1.82) is 0 Å². The molecule has 4 heteroatoms. The second kappa shape index (κ2) is 6.80. The second-order valence-corrected chi connectivity index (χ2v) is 4.19. The Morgan fingerprint density at radius 2 is 2.27 bits per heavy atom. The lowest BCUT2D eigenvalue weighted by Gasteiger charge is -2.30. The Kier molecular flexibility index (Phi) is 5.65. The highest BCUT2D eigenvalue weighted by molar-refractivity contribution is 5.66. The first kappa shape index (κ1) is 12.5. The van der Waals surface area contributed by atoms with Crippen molar-refractivity contribution in [2.45, 2.75) is 38.7 Å². The van der Waals surface area contributed by atoms with Crippen LogP contribution in [-0.4, -0.2) is 48.3 Å². The predicted octanol–water partition coefficient (Wildman–Crippen LogP) is 1.35. The van der Waals surface area contributed by atoms with Crippen molar-refractivity contribution < 1.29 is 14.6 Å². The molecule has 0 saturated carbocycles. The van der Waals surface area contributed by atoms with Crippen LogP contribution in [0.4, 0.5) is 0 Å². The van der Waals surface area contributed by atoms with Crippen molar-refractivity contribution in [3.05, 3.63) is 0 Å². The zero-order chi connectivity index (χ0) is 11.1. The van der Waals surface area contributed by atoms with Crippen molar-refractivity contribution in [3.8, 4) is 0 Å². The van der Waals surface area contributed by atoms with E-state index in [9.17, 15) is 4.79 Å². The molecule has 0 aromatic carbocycles. The minimum absolute atomic E-state index is 0.305. The maximum Gasteiger partial charge on any atom is 0.303 e. The molecule has 1 saturated heterocycles. The van der Waals surface area contributed by atoms with Crippen molar-refractivity contribution in [2.24, 2.45) is 0 Å². The van der Waals surface area contributed by atoms with Crippen LogP contribution in [0.1, 0.15) is 32.6 Å². The van der Waals surface area contributed by atoms with Crippen molar-refractivity contribution in [3.63, 3.8) is 0 Å². The quantitative estimate of drug-likeness (QED) is 0.679. The summed E-state index contributed by atoms with van der Waals surface area (Å²) < 4.78 is 5.45. The molecular formula is C11H21NO3. The number of carboxylic acid groups (broad SMARTS) is 1. The summed E-state index contributed by atoms with van der Waals surface area (Å²) in [6.07, 6.45) is 3.56. The molecule has 0 amide bonds. The van der Waals surface area contributed by atoms with Crippen LogP contribution >= 0.6 is 0 Å². The van der Waals surface area contributed by atoms with Crippen LogP contribution in [0.2, 0.25) is 0 Å². The van der Waals surface area contributed by atoms with Gasteiger partial charge in [-0.1, -0.05) is 6.42 Å². The first-order valence-corrected chi connectivity index (χ1v) is 5.74. The third-order valence-corrected chi connectivity index (χ3v) is 2.69. The smallest absolute Gasteiger partial charge is 0.303 e. The Morgan fingerprint density at radius 1 is 1.47 bits per heavy atom. The molecule has 1 unspecified atom stereocenters. The van der Waals surface area contributed by atoms with E-state index in [4.69, 9.17) is 9.84 Å². The van der Waals surface area contributed by atoms with Gasteiger partial charge in [-0.05, 0) is 26.3 Å². The molecule has 0 aromatic rings. The fourth-order valence-corrected chi connectivity index (χ4v) is 1.88. The first-order chi connectivity index (χ1) is 7.18. The minimum Gasteiger partial charge on any atom is -0.481 e. The van der Waals surface area contributed by atoms with E-state index in [-0.39, 0.29) is 0 Å². The summed E-state index contributed by atoms with van der Waals surface area (Å²) in [5.74, 6) is -0.685. The van der Waals surface area contributed by atoms with Gasteiger partial charge in [-0.3, -0.25) is 9.69 Å². The number of ether oxygens (including phenoxy) is 1. The van der Waals surface area contributed by atoms with Crippen molar-refractivity contribution in [2.75, 3.05) is 26.2 Å². The Labute approximate surface area is 91.2 Å². The maximum atomic E-state index is 10.3. The molecule has 0 aliphatic carbocycles. The van der Waals surface area contributed by atoms with Gasteiger partial charge in [0.2, 0.25) is 0 Å². The highest BCUT2D eigenvalue weighted by Gasteiger charge is 2.15. The molecule has 0 aromatic heterocycles. The third-order valence-electron chi connectivity index (χ3n) is 2.69. The second-order valence-electron chi connectivity index (χ2n) is 4.19. The van der Waals surface area contributed by atoms with Crippen LogP contribution in [0, 0.1) is 0 Å². The first-order valence-electron chi connectivity index (χ1n) is 5.74. The summed E-state index contributed by atoms with van der Waals surface area (Å²) in [4.78, 5) is 12.7. The zero-order valence-electron chi connectivity index (χ0n) is 9.45. The molecule has 1 rings (SSSR count). The van der Waals surface area contributed by atoms with Crippen molar-refractivity contribution >= 4 is 5.97 Å². The molecule has 1 aliphatic rings. The van der Waals surface area contributed by atoms with E-state index in [0.717, 1.165) is 45.5 Å². The molecule has 0 spiro atoms. The molecule has 0 bridgehead atoms. The monoisotopic (exact) mass is 215 g/mol. The predicted molar refractivity (Wildman–Crippen MR) is 58.0 cm³/mol. The molecule has 1 aliphatic heterocycles. The summed E-state index contributed by atoms with van der Waals surface area (Å²) in [7, 11) is 0. The molecule has 1 N–H and O–H groups in total. The molecule has 88 valence electrons. The van der Waals surface area contributed by atoms with Gasteiger partial charge in [0.15, 0.2) is 0 Å². The number of hydrogen-bond acceptors (Lipinski definition) is 3. The van der Waals surface area contributed by atoms with E-state index >= 15 is 0 Å². The lowest BCUT2D eigenvalue weighted by Crippen LogP contribution is -2.41. The van der Waals surface area contributed by atoms with Crippen LogP contribution in [0.5, 0.6) is 0 Å². The Hall–Kier alpha value is -0.610. The fraction of sp³-hybridized carbons (Fsp3) is 0.909. The lowest BCUT2D eigenvalue weighted by molar-refractivity contribution is -0.137. The molecular weight excluding hydrogens is 194 g/mol. The number of aliphatic carboxylic acids is 1. The third kappa shape index (κ3) is 5.74. The van der Waals surface area contributed by atoms with Gasteiger partial charge in [0.25, 0.3) is 0 Å². The number of rotatable bonds is 6. The molecule has 15 heavy (non-hydrogen) atoms. The number of carbonyl (C=O) groups is 1. The van der Waals surface area contributed by atoms with Crippen LogP contribution in [0.3, 0.4) is 0 Å². The van der Waals surface area contributed by atoms with E-state index < -0.39 is 5.97 Å². The SMILES string of the molecule is CC1CN(CCCCCC(=O)O)CCO1. The van der Waals surface area contributed by atoms with Gasteiger partial charge in [-0.15, -0.1) is 0 Å². The van der Waals surface area contributed by atoms with Crippen molar-refractivity contribution in [1.82, 2.24) is 4.90 Å². The maximum absolute atomic E-state index is 10.3. The topological polar surface area (TPSA) is 49.8 Å². The molecule has 0 radical (unpaired) electrons. The summed E-state index contributed by atoms with van der Waals surface area (Å²) in [6.45, 7) is 6.03. The number of morpholine rings is 1. The van der Waals surface area contributed by atoms with E-state index in [1.807, 2.05) is 0 Å². The van der Waals surface area contributed by atoms with Gasteiger partial charge in [0.05, 0.1) is 12.7 Å². The zero-order valence-corrected chi connectivity index (χ0v) is 9.45. The van der Waals surface area contributed by atoms with Gasteiger partial charge < -0.3 is 9.84 Å². The molecule has 1 heterocycles. The van der Waals surface area contributed by atoms with Gasteiger partial charge in [-0.2, -0.15) is 0 Å². The van der Waals surface area contributed by atoms with Crippen LogP contribution in [0.15, 0.2) is 0 Å². The standard InChI is InChI=1S/C11H21NO3/c1-10-9-12(7-8-15-10)6-4-2-3-5-11(13)14/h10H,2-9H2,1H3,(H,13,14). The summed E-state index contributed by atoms with van der Waals surface area (Å²) in [5.41, 5.74) is 0. The summed E-state index contributed by atoms with van der Waals surface area (Å²) in [5, 5.41) is 8.47. The Bertz CT molecular complexity index is 196. The van der Waals surface area contributed by atoms with Crippen LogP contribution < -0.4 is 0 Å². The molecule has 1 atom stereocenters. The summed E-state index contributed by atoms with van der Waals surface area (Å²) in [6, 6.07) is 0. The number of hydrogen-bond donors (Lipinski definition) is 1. The normalized spacial score (nSPS) is 22.9. The van der Waals surface area contributed by atoms with Gasteiger partial charge in [0, 0.05) is 19.5 Å². The van der Waals surface area contributed by atoms with E-state index in [0.29, 0.717) is 12.5 Å². The Morgan fingerprint density at radius 3 is 2.93 bits per heavy atom. The van der Waals surface area contributed by atoms with E-state index in [1.165, 1.54) is 0 Å². The highest BCUT2D eigenvalue weighted by Crippen LogP contribution is 2.07. The van der Waals surface area contributed by atoms with Gasteiger partial charge >= 0.3 is 5.97 Å². The Balaban J connectivity index is 1.97. The minimum atomic E-state index is -0.685. The number of nitrogens with zero attached hydrogens (tertiary/aromatic N) is 1. The van der Waals surface area contributed by atoms with E-state index in [1.54, 1.807) is 0 Å². The average molecular weight is 215 g/mol. The largest absolute Gasteiger partial charge is 0.481 e. The number of unbranched alkanes of at least 4 members (excludes halogenated alkanes) is 2. The van der Waals surface area contributed by atoms with Crippen LogP contribution in [-0.2, 0) is 9.53 Å². The van der Waals surface area contributed by atoms with E-state index in [2.05, 4.69) is 11.8 Å². The molecule has 4 nitrogen and oxygen atoms in total. The highest BCUT2D eigenvalue weighted by atomic mass is 16.5. The lowest BCUT2D eigenvalue weighted by atomic mass is 10.2. The average Bonchev–Trinajstić information content (AvgIpc) is 2.17. The van der Waals surface area contributed by atoms with Crippen LogP contribution in [0.25, 0.3) is 0 Å². The van der Waals surface area contributed by atoms with Gasteiger partial charge in [0.1, 0.15) is 0 Å². The summed E-state index contributed by atoms with van der Waals surface area (Å²) >= 11 is 0. The van der Waals surface area contributed by atoms with Gasteiger partial charge in [-0.25, -0.2) is 0 Å². The molecule has 1 fully saturated rings. The number of carboxylic acids is 1.